The Bertz CT molecular complexity index is 821. The van der Waals surface area contributed by atoms with Crippen molar-refractivity contribution in [2.24, 2.45) is 0 Å². The molecule has 3 nitrogen and oxygen atoms in total. The van der Waals surface area contributed by atoms with Crippen LogP contribution in [0.3, 0.4) is 0 Å². The first-order chi connectivity index (χ1) is 14.3. The van der Waals surface area contributed by atoms with Crippen molar-refractivity contribution in [1.29, 1.82) is 0 Å². The molecule has 0 fully saturated rings. The molecule has 3 aromatic carbocycles. The van der Waals surface area contributed by atoms with E-state index in [-0.39, 0.29) is 11.9 Å². The summed E-state index contributed by atoms with van der Waals surface area (Å²) in [5, 5.41) is 3.18. The third-order valence-electron chi connectivity index (χ3n) is 4.85. The van der Waals surface area contributed by atoms with Gasteiger partial charge in [-0.05, 0) is 41.7 Å². The fourth-order valence-electron chi connectivity index (χ4n) is 3.35. The molecule has 0 aliphatic heterocycles. The Labute approximate surface area is 173 Å². The summed E-state index contributed by atoms with van der Waals surface area (Å²) in [5.41, 5.74) is 3.48. The van der Waals surface area contributed by atoms with Gasteiger partial charge in [0.1, 0.15) is 5.75 Å². The topological polar surface area (TPSA) is 38.3 Å². The number of amides is 1. The second-order valence-electron chi connectivity index (χ2n) is 7.17. The predicted molar refractivity (Wildman–Crippen MR) is 118 cm³/mol. The fraction of sp³-hybridized carbons (Fsp3) is 0.269. The molecule has 0 aliphatic rings. The van der Waals surface area contributed by atoms with Gasteiger partial charge in [-0.15, -0.1) is 0 Å². The largest absolute Gasteiger partial charge is 0.494 e. The number of carbonyl (C=O) groups is 1. The number of hydrogen-bond acceptors (Lipinski definition) is 2. The molecular weight excluding hydrogens is 358 g/mol. The summed E-state index contributed by atoms with van der Waals surface area (Å²) in [6.45, 7) is 2.71. The zero-order valence-corrected chi connectivity index (χ0v) is 17.0. The number of carbonyl (C=O) groups excluding carboxylic acids is 1. The second-order valence-corrected chi connectivity index (χ2v) is 7.17. The Morgan fingerprint density at radius 3 is 2.00 bits per heavy atom. The van der Waals surface area contributed by atoms with E-state index in [9.17, 15) is 4.79 Å². The highest BCUT2D eigenvalue weighted by molar-refractivity contribution is 5.77. The Morgan fingerprint density at radius 2 is 1.45 bits per heavy atom. The highest BCUT2D eigenvalue weighted by Crippen LogP contribution is 2.22. The second kappa shape index (κ2) is 11.1. The van der Waals surface area contributed by atoms with Crippen molar-refractivity contribution in [3.63, 3.8) is 0 Å². The van der Waals surface area contributed by atoms with Crippen LogP contribution < -0.4 is 10.1 Å². The summed E-state index contributed by atoms with van der Waals surface area (Å²) < 4.78 is 5.78. The standard InChI is InChI=1S/C26H29NO2/c1-2-10-21-16-18-24(19-17-21)29-20-9-15-25(28)27-26(22-11-5-3-6-12-22)23-13-7-4-8-14-23/h3-8,11-14,16-19,26H,2,9-10,15,20H2,1H3,(H,27,28). The molecule has 0 aromatic heterocycles. The summed E-state index contributed by atoms with van der Waals surface area (Å²) in [4.78, 5) is 12.6. The first-order valence-corrected chi connectivity index (χ1v) is 10.4. The van der Waals surface area contributed by atoms with Crippen LogP contribution in [0, 0.1) is 0 Å². The predicted octanol–water partition coefficient (Wildman–Crippen LogP) is 5.70. The van der Waals surface area contributed by atoms with Crippen molar-refractivity contribution < 1.29 is 9.53 Å². The molecule has 1 amide bonds. The normalized spacial score (nSPS) is 10.7. The van der Waals surface area contributed by atoms with Gasteiger partial charge in [-0.2, -0.15) is 0 Å². The maximum Gasteiger partial charge on any atom is 0.220 e. The first-order valence-electron chi connectivity index (χ1n) is 10.4. The lowest BCUT2D eigenvalue weighted by atomic mass is 9.98. The van der Waals surface area contributed by atoms with Crippen LogP contribution in [0.1, 0.15) is 48.9 Å². The van der Waals surface area contributed by atoms with Crippen LogP contribution >= 0.6 is 0 Å². The Kier molecular flexibility index (Phi) is 7.88. The molecular formula is C26H29NO2. The molecule has 0 saturated carbocycles. The number of rotatable bonds is 10. The molecule has 0 aliphatic carbocycles. The van der Waals surface area contributed by atoms with Crippen LogP contribution in [0.5, 0.6) is 5.75 Å². The lowest BCUT2D eigenvalue weighted by molar-refractivity contribution is -0.121. The average molecular weight is 388 g/mol. The van der Waals surface area contributed by atoms with Gasteiger partial charge in [0.25, 0.3) is 0 Å². The van der Waals surface area contributed by atoms with Gasteiger partial charge in [0.2, 0.25) is 5.91 Å². The van der Waals surface area contributed by atoms with Crippen molar-refractivity contribution >= 4 is 5.91 Å². The summed E-state index contributed by atoms with van der Waals surface area (Å²) in [6.07, 6.45) is 3.34. The van der Waals surface area contributed by atoms with E-state index in [4.69, 9.17) is 4.74 Å². The van der Waals surface area contributed by atoms with Gasteiger partial charge in [-0.1, -0.05) is 86.1 Å². The van der Waals surface area contributed by atoms with Crippen molar-refractivity contribution in [2.45, 2.75) is 38.6 Å². The quantitative estimate of drug-likeness (QED) is 0.453. The van der Waals surface area contributed by atoms with E-state index in [2.05, 4.69) is 24.4 Å². The van der Waals surface area contributed by atoms with Gasteiger partial charge in [0.05, 0.1) is 12.6 Å². The molecule has 0 bridgehead atoms. The zero-order valence-electron chi connectivity index (χ0n) is 17.0. The van der Waals surface area contributed by atoms with Crippen LogP contribution in [0.4, 0.5) is 0 Å². The number of aryl methyl sites for hydroxylation is 1. The number of ether oxygens (including phenoxy) is 1. The molecule has 0 unspecified atom stereocenters. The Balaban J connectivity index is 1.50. The molecule has 0 spiro atoms. The Morgan fingerprint density at radius 1 is 0.862 bits per heavy atom. The SMILES string of the molecule is CCCc1ccc(OCCCC(=O)NC(c2ccccc2)c2ccccc2)cc1. The van der Waals surface area contributed by atoms with E-state index < -0.39 is 0 Å². The molecule has 1 N–H and O–H groups in total. The smallest absolute Gasteiger partial charge is 0.220 e. The molecule has 0 radical (unpaired) electrons. The third-order valence-corrected chi connectivity index (χ3v) is 4.85. The lowest BCUT2D eigenvalue weighted by Crippen LogP contribution is -2.29. The van der Waals surface area contributed by atoms with Gasteiger partial charge < -0.3 is 10.1 Å². The van der Waals surface area contributed by atoms with Crippen LogP contribution in [0.25, 0.3) is 0 Å². The minimum Gasteiger partial charge on any atom is -0.494 e. The minimum absolute atomic E-state index is 0.0320. The fourth-order valence-corrected chi connectivity index (χ4v) is 3.35. The van der Waals surface area contributed by atoms with Gasteiger partial charge in [-0.3, -0.25) is 4.79 Å². The molecule has 29 heavy (non-hydrogen) atoms. The Hall–Kier alpha value is -3.07. The molecule has 3 heteroatoms. The van der Waals surface area contributed by atoms with Crippen LogP contribution in [-0.2, 0) is 11.2 Å². The first kappa shape index (κ1) is 20.7. The number of hydrogen-bond donors (Lipinski definition) is 1. The van der Waals surface area contributed by atoms with Crippen molar-refractivity contribution in [1.82, 2.24) is 5.32 Å². The third kappa shape index (κ3) is 6.49. The lowest BCUT2D eigenvalue weighted by Gasteiger charge is -2.20. The molecule has 150 valence electrons. The number of nitrogens with one attached hydrogen (secondary N) is 1. The van der Waals surface area contributed by atoms with Crippen molar-refractivity contribution in [3.05, 3.63) is 102 Å². The maximum atomic E-state index is 12.6. The summed E-state index contributed by atoms with van der Waals surface area (Å²) >= 11 is 0. The van der Waals surface area contributed by atoms with E-state index >= 15 is 0 Å². The van der Waals surface area contributed by atoms with E-state index in [1.54, 1.807) is 0 Å². The van der Waals surface area contributed by atoms with Crippen molar-refractivity contribution in [3.8, 4) is 5.75 Å². The zero-order chi connectivity index (χ0) is 20.3. The minimum atomic E-state index is -0.142. The highest BCUT2D eigenvalue weighted by atomic mass is 16.5. The van der Waals surface area contributed by atoms with E-state index in [1.165, 1.54) is 5.56 Å². The monoisotopic (exact) mass is 387 g/mol. The van der Waals surface area contributed by atoms with Gasteiger partial charge in [0, 0.05) is 6.42 Å². The average Bonchev–Trinajstić information content (AvgIpc) is 2.77. The number of benzene rings is 3. The van der Waals surface area contributed by atoms with Crippen LogP contribution in [0.2, 0.25) is 0 Å². The van der Waals surface area contributed by atoms with Crippen molar-refractivity contribution in [2.75, 3.05) is 6.61 Å². The van der Waals surface area contributed by atoms with E-state index in [1.807, 2.05) is 72.8 Å². The summed E-state index contributed by atoms with van der Waals surface area (Å²) in [6, 6.07) is 28.2. The molecule has 3 rings (SSSR count). The summed E-state index contributed by atoms with van der Waals surface area (Å²) in [7, 11) is 0. The van der Waals surface area contributed by atoms with Crippen LogP contribution in [-0.4, -0.2) is 12.5 Å². The van der Waals surface area contributed by atoms with E-state index in [0.29, 0.717) is 19.4 Å². The maximum absolute atomic E-state index is 12.6. The van der Waals surface area contributed by atoms with E-state index in [0.717, 1.165) is 29.7 Å². The molecule has 3 aromatic rings. The molecule has 0 saturated heterocycles. The van der Waals surface area contributed by atoms with Gasteiger partial charge in [-0.25, -0.2) is 0 Å². The van der Waals surface area contributed by atoms with Gasteiger partial charge >= 0.3 is 0 Å². The molecule has 0 atom stereocenters. The molecule has 0 heterocycles. The van der Waals surface area contributed by atoms with Crippen LogP contribution in [0.15, 0.2) is 84.9 Å². The highest BCUT2D eigenvalue weighted by Gasteiger charge is 2.16. The van der Waals surface area contributed by atoms with Gasteiger partial charge in [0.15, 0.2) is 0 Å². The summed E-state index contributed by atoms with van der Waals surface area (Å²) in [5.74, 6) is 0.890.